The zero-order chi connectivity index (χ0) is 18.3. The third-order valence-electron chi connectivity index (χ3n) is 3.92. The van der Waals surface area contributed by atoms with Crippen molar-refractivity contribution in [1.82, 2.24) is 15.1 Å². The van der Waals surface area contributed by atoms with E-state index in [1.54, 1.807) is 4.90 Å². The van der Waals surface area contributed by atoms with E-state index in [2.05, 4.69) is 31.1 Å². The molecule has 0 fully saturated rings. The van der Waals surface area contributed by atoms with Gasteiger partial charge in [0.15, 0.2) is 0 Å². The number of carbonyl (C=O) groups excluding carboxylic acids is 1. The van der Waals surface area contributed by atoms with E-state index < -0.39 is 5.60 Å². The maximum Gasteiger partial charge on any atom is 0.410 e. The van der Waals surface area contributed by atoms with Crippen LogP contribution in [-0.4, -0.2) is 66.3 Å². The summed E-state index contributed by atoms with van der Waals surface area (Å²) in [5, 5.41) is 3.42. The van der Waals surface area contributed by atoms with Crippen molar-refractivity contribution in [2.75, 3.05) is 33.2 Å². The number of hydrogen-bond acceptors (Lipinski definition) is 4. The minimum atomic E-state index is -0.465. The fourth-order valence-electron chi connectivity index (χ4n) is 2.12. The molecular formula is C18H39N3O2. The molecular weight excluding hydrogens is 290 g/mol. The van der Waals surface area contributed by atoms with Crippen LogP contribution in [0.3, 0.4) is 0 Å². The molecule has 0 rings (SSSR count). The van der Waals surface area contributed by atoms with Crippen LogP contribution in [0.25, 0.3) is 0 Å². The predicted octanol–water partition coefficient (Wildman–Crippen LogP) is 3.34. The van der Waals surface area contributed by atoms with E-state index in [0.717, 1.165) is 26.1 Å². The lowest BCUT2D eigenvalue weighted by molar-refractivity contribution is 0.00663. The maximum absolute atomic E-state index is 12.4. The van der Waals surface area contributed by atoms with Crippen LogP contribution in [-0.2, 0) is 4.74 Å². The number of nitrogens with zero attached hydrogens (tertiary/aromatic N) is 2. The summed E-state index contributed by atoms with van der Waals surface area (Å²) in [5.74, 6) is 0. The average Bonchev–Trinajstić information content (AvgIpc) is 2.37. The van der Waals surface area contributed by atoms with Gasteiger partial charge in [-0.3, -0.25) is 0 Å². The van der Waals surface area contributed by atoms with Gasteiger partial charge in [0.25, 0.3) is 0 Å². The predicted molar refractivity (Wildman–Crippen MR) is 97.9 cm³/mol. The minimum absolute atomic E-state index is 0.247. The Kier molecular flexibility index (Phi) is 9.14. The van der Waals surface area contributed by atoms with Gasteiger partial charge in [0.2, 0.25) is 0 Å². The summed E-state index contributed by atoms with van der Waals surface area (Å²) in [5.41, 5.74) is -0.718. The third-order valence-corrected chi connectivity index (χ3v) is 3.92. The van der Waals surface area contributed by atoms with E-state index in [9.17, 15) is 4.79 Å². The van der Waals surface area contributed by atoms with Crippen molar-refractivity contribution in [3.05, 3.63) is 0 Å². The highest BCUT2D eigenvalue weighted by atomic mass is 16.6. The Balaban J connectivity index is 4.31. The molecule has 0 aromatic carbocycles. The van der Waals surface area contributed by atoms with Gasteiger partial charge >= 0.3 is 6.09 Å². The number of rotatable bonds is 8. The molecule has 1 atom stereocenters. The lowest BCUT2D eigenvalue weighted by Crippen LogP contribution is -2.50. The van der Waals surface area contributed by atoms with Gasteiger partial charge in [0.1, 0.15) is 5.60 Å². The minimum Gasteiger partial charge on any atom is -0.444 e. The molecule has 0 aromatic rings. The monoisotopic (exact) mass is 329 g/mol. The van der Waals surface area contributed by atoms with Crippen LogP contribution in [0.1, 0.15) is 61.8 Å². The SMILES string of the molecule is CCC(C)N(C)CCNCCN(C(=O)OC(C)(C)C)C(C)(C)C. The highest BCUT2D eigenvalue weighted by Crippen LogP contribution is 2.17. The Morgan fingerprint density at radius 3 is 2.04 bits per heavy atom. The smallest absolute Gasteiger partial charge is 0.410 e. The van der Waals surface area contributed by atoms with Crippen molar-refractivity contribution in [3.8, 4) is 0 Å². The van der Waals surface area contributed by atoms with Crippen LogP contribution < -0.4 is 5.32 Å². The molecule has 1 unspecified atom stereocenters. The molecule has 0 aromatic heterocycles. The summed E-state index contributed by atoms with van der Waals surface area (Å²) in [6.07, 6.45) is 0.913. The highest BCUT2D eigenvalue weighted by Gasteiger charge is 2.30. The van der Waals surface area contributed by atoms with Crippen LogP contribution >= 0.6 is 0 Å². The molecule has 138 valence electrons. The fraction of sp³-hybridized carbons (Fsp3) is 0.944. The zero-order valence-corrected chi connectivity index (χ0v) is 16.8. The van der Waals surface area contributed by atoms with Gasteiger partial charge in [-0.15, -0.1) is 0 Å². The Hall–Kier alpha value is -0.810. The number of hydrogen-bond donors (Lipinski definition) is 1. The average molecular weight is 330 g/mol. The Morgan fingerprint density at radius 1 is 1.09 bits per heavy atom. The van der Waals surface area contributed by atoms with E-state index in [0.29, 0.717) is 12.6 Å². The molecule has 0 aliphatic rings. The van der Waals surface area contributed by atoms with Crippen LogP contribution in [0.5, 0.6) is 0 Å². The van der Waals surface area contributed by atoms with E-state index in [4.69, 9.17) is 4.74 Å². The topological polar surface area (TPSA) is 44.8 Å². The lowest BCUT2D eigenvalue weighted by Gasteiger charge is -2.37. The Bertz CT molecular complexity index is 345. The molecule has 5 heteroatoms. The van der Waals surface area contributed by atoms with Gasteiger partial charge in [0.05, 0.1) is 0 Å². The molecule has 0 saturated heterocycles. The molecule has 1 N–H and O–H groups in total. The van der Waals surface area contributed by atoms with Crippen molar-refractivity contribution in [3.63, 3.8) is 0 Å². The van der Waals surface area contributed by atoms with Crippen LogP contribution in [0, 0.1) is 0 Å². The standard InChI is InChI=1S/C18H39N3O2/c1-10-15(2)20(9)13-11-19-12-14-21(17(3,4)5)16(22)23-18(6,7)8/h15,19H,10-14H2,1-9H3. The second-order valence-electron chi connectivity index (χ2n) is 8.29. The first-order chi connectivity index (χ1) is 10.4. The largest absolute Gasteiger partial charge is 0.444 e. The summed E-state index contributed by atoms with van der Waals surface area (Å²) in [6.45, 7) is 19.6. The summed E-state index contributed by atoms with van der Waals surface area (Å²) < 4.78 is 5.52. The lowest BCUT2D eigenvalue weighted by atomic mass is 10.1. The summed E-state index contributed by atoms with van der Waals surface area (Å²) >= 11 is 0. The van der Waals surface area contributed by atoms with Crippen LogP contribution in [0.2, 0.25) is 0 Å². The number of ether oxygens (including phenoxy) is 1. The van der Waals surface area contributed by atoms with Crippen LogP contribution in [0.15, 0.2) is 0 Å². The third kappa shape index (κ3) is 9.82. The van der Waals surface area contributed by atoms with Crippen molar-refractivity contribution in [1.29, 1.82) is 0 Å². The van der Waals surface area contributed by atoms with E-state index >= 15 is 0 Å². The summed E-state index contributed by atoms with van der Waals surface area (Å²) in [6, 6.07) is 0.602. The highest BCUT2D eigenvalue weighted by molar-refractivity contribution is 5.69. The summed E-state index contributed by atoms with van der Waals surface area (Å²) in [4.78, 5) is 16.5. The van der Waals surface area contributed by atoms with Crippen molar-refractivity contribution in [2.45, 2.75) is 79.0 Å². The van der Waals surface area contributed by atoms with Crippen LogP contribution in [0.4, 0.5) is 4.79 Å². The van der Waals surface area contributed by atoms with Crippen molar-refractivity contribution >= 4 is 6.09 Å². The van der Waals surface area contributed by atoms with E-state index in [-0.39, 0.29) is 11.6 Å². The Morgan fingerprint density at radius 2 is 1.61 bits per heavy atom. The first-order valence-electron chi connectivity index (χ1n) is 8.80. The number of amides is 1. The van der Waals surface area contributed by atoms with E-state index in [1.165, 1.54) is 0 Å². The fourth-order valence-corrected chi connectivity index (χ4v) is 2.12. The molecule has 23 heavy (non-hydrogen) atoms. The number of likely N-dealkylation sites (N-methyl/N-ethyl adjacent to an activating group) is 1. The molecule has 0 spiro atoms. The molecule has 1 amide bonds. The quantitative estimate of drug-likeness (QED) is 0.694. The first-order valence-corrected chi connectivity index (χ1v) is 8.80. The molecule has 0 radical (unpaired) electrons. The Labute approximate surface area is 143 Å². The van der Waals surface area contributed by atoms with Crippen molar-refractivity contribution < 1.29 is 9.53 Å². The molecule has 0 aliphatic heterocycles. The summed E-state index contributed by atoms with van der Waals surface area (Å²) in [7, 11) is 2.15. The zero-order valence-electron chi connectivity index (χ0n) is 16.8. The molecule has 5 nitrogen and oxygen atoms in total. The number of nitrogens with one attached hydrogen (secondary N) is 1. The van der Waals surface area contributed by atoms with Gasteiger partial charge in [-0.05, 0) is 61.9 Å². The first kappa shape index (κ1) is 22.2. The van der Waals surface area contributed by atoms with Gasteiger partial charge in [-0.1, -0.05) is 6.92 Å². The van der Waals surface area contributed by atoms with E-state index in [1.807, 2.05) is 41.5 Å². The van der Waals surface area contributed by atoms with Gasteiger partial charge in [-0.2, -0.15) is 0 Å². The van der Waals surface area contributed by atoms with Gasteiger partial charge in [-0.25, -0.2) is 4.79 Å². The molecule has 0 aliphatic carbocycles. The van der Waals surface area contributed by atoms with Gasteiger partial charge in [0, 0.05) is 37.8 Å². The second kappa shape index (κ2) is 9.48. The molecule has 0 heterocycles. The number of carbonyl (C=O) groups is 1. The molecule has 0 saturated carbocycles. The molecule has 0 bridgehead atoms. The van der Waals surface area contributed by atoms with Crippen molar-refractivity contribution in [2.24, 2.45) is 0 Å². The second-order valence-corrected chi connectivity index (χ2v) is 8.29. The normalized spacial score (nSPS) is 14.0. The maximum atomic E-state index is 12.4. The van der Waals surface area contributed by atoms with Gasteiger partial charge < -0.3 is 19.9 Å².